The third-order valence-corrected chi connectivity index (χ3v) is 3.93. The van der Waals surface area contributed by atoms with Crippen molar-refractivity contribution in [3.05, 3.63) is 10.7 Å². The summed E-state index contributed by atoms with van der Waals surface area (Å²) in [6.45, 7) is 4.89. The molecule has 5 nitrogen and oxygen atoms in total. The van der Waals surface area contributed by atoms with Gasteiger partial charge in [-0.15, -0.1) is 0 Å². The van der Waals surface area contributed by atoms with Crippen LogP contribution >= 0.6 is 15.9 Å². The summed E-state index contributed by atoms with van der Waals surface area (Å²) in [7, 11) is 1.81. The summed E-state index contributed by atoms with van der Waals surface area (Å²) in [4.78, 5) is 8.54. The zero-order chi connectivity index (χ0) is 13.0. The second-order valence-corrected chi connectivity index (χ2v) is 5.77. The molecule has 0 radical (unpaired) electrons. The van der Waals surface area contributed by atoms with Crippen LogP contribution in [0, 0.1) is 5.41 Å². The highest BCUT2D eigenvalue weighted by atomic mass is 79.9. The molecule has 1 saturated heterocycles. The van der Waals surface area contributed by atoms with Crippen molar-refractivity contribution in [2.75, 3.05) is 37.4 Å². The normalized spacial score (nSPS) is 18.4. The quantitative estimate of drug-likeness (QED) is 0.894. The molecule has 2 heterocycles. The molecule has 0 saturated carbocycles. The highest BCUT2D eigenvalue weighted by Crippen LogP contribution is 2.30. The molecule has 1 aliphatic rings. The van der Waals surface area contributed by atoms with Gasteiger partial charge in [0.25, 0.3) is 0 Å². The van der Waals surface area contributed by atoms with Crippen molar-refractivity contribution in [3.8, 4) is 0 Å². The van der Waals surface area contributed by atoms with Gasteiger partial charge >= 0.3 is 0 Å². The fourth-order valence-electron chi connectivity index (χ4n) is 1.95. The Morgan fingerprint density at radius 1 is 1.44 bits per heavy atom. The molecule has 1 fully saturated rings. The molecule has 6 heteroatoms. The number of nitrogens with one attached hydrogen (secondary N) is 2. The molecule has 0 aromatic carbocycles. The van der Waals surface area contributed by atoms with E-state index in [4.69, 9.17) is 4.74 Å². The smallest absolute Gasteiger partial charge is 0.224 e. The van der Waals surface area contributed by atoms with E-state index in [-0.39, 0.29) is 5.41 Å². The van der Waals surface area contributed by atoms with Crippen LogP contribution in [0.4, 0.5) is 11.8 Å². The number of halogens is 1. The van der Waals surface area contributed by atoms with Crippen LogP contribution in [-0.2, 0) is 4.74 Å². The maximum Gasteiger partial charge on any atom is 0.224 e. The van der Waals surface area contributed by atoms with Gasteiger partial charge in [0.1, 0.15) is 5.82 Å². The molecule has 2 N–H and O–H groups in total. The first kappa shape index (κ1) is 13.5. The summed E-state index contributed by atoms with van der Waals surface area (Å²) >= 11 is 3.46. The van der Waals surface area contributed by atoms with Crippen LogP contribution in [0.2, 0.25) is 0 Å². The fraction of sp³-hybridized carbons (Fsp3) is 0.667. The van der Waals surface area contributed by atoms with Crippen molar-refractivity contribution >= 4 is 27.7 Å². The first-order valence-corrected chi connectivity index (χ1v) is 6.94. The molecule has 1 aromatic rings. The lowest BCUT2D eigenvalue weighted by Crippen LogP contribution is -2.33. The Labute approximate surface area is 116 Å². The van der Waals surface area contributed by atoms with Crippen molar-refractivity contribution in [3.63, 3.8) is 0 Å². The van der Waals surface area contributed by atoms with Gasteiger partial charge in [-0.1, -0.05) is 6.92 Å². The zero-order valence-electron chi connectivity index (χ0n) is 10.8. The maximum absolute atomic E-state index is 5.40. The van der Waals surface area contributed by atoms with Crippen molar-refractivity contribution < 1.29 is 4.74 Å². The van der Waals surface area contributed by atoms with E-state index in [1.165, 1.54) is 0 Å². The third-order valence-electron chi connectivity index (χ3n) is 3.35. The van der Waals surface area contributed by atoms with Gasteiger partial charge in [0.15, 0.2) is 0 Å². The van der Waals surface area contributed by atoms with Crippen LogP contribution in [0.15, 0.2) is 10.7 Å². The number of hydrogen-bond acceptors (Lipinski definition) is 5. The topological polar surface area (TPSA) is 59.1 Å². The van der Waals surface area contributed by atoms with Crippen molar-refractivity contribution in [2.24, 2.45) is 5.41 Å². The lowest BCUT2D eigenvalue weighted by Gasteiger charge is -2.33. The average molecular weight is 315 g/mol. The van der Waals surface area contributed by atoms with Crippen LogP contribution in [0.1, 0.15) is 19.8 Å². The Balaban J connectivity index is 2.00. The highest BCUT2D eigenvalue weighted by molar-refractivity contribution is 9.10. The molecule has 0 amide bonds. The minimum absolute atomic E-state index is 0.280. The van der Waals surface area contributed by atoms with Crippen LogP contribution < -0.4 is 10.6 Å². The van der Waals surface area contributed by atoms with Gasteiger partial charge in [0.2, 0.25) is 5.95 Å². The van der Waals surface area contributed by atoms with E-state index in [0.717, 1.165) is 42.9 Å². The third kappa shape index (κ3) is 3.32. The molecule has 1 aliphatic heterocycles. The fourth-order valence-corrected chi connectivity index (χ4v) is 2.28. The van der Waals surface area contributed by atoms with E-state index < -0.39 is 0 Å². The van der Waals surface area contributed by atoms with Gasteiger partial charge in [0.05, 0.1) is 4.47 Å². The highest BCUT2D eigenvalue weighted by Gasteiger charge is 2.27. The summed E-state index contributed by atoms with van der Waals surface area (Å²) < 4.78 is 6.29. The first-order valence-electron chi connectivity index (χ1n) is 6.15. The predicted octanol–water partition coefficient (Wildman–Crippen LogP) is 2.51. The molecular formula is C12H19BrN4O. The van der Waals surface area contributed by atoms with E-state index in [9.17, 15) is 0 Å². The predicted molar refractivity (Wildman–Crippen MR) is 75.9 cm³/mol. The minimum atomic E-state index is 0.280. The van der Waals surface area contributed by atoms with Gasteiger partial charge in [-0.3, -0.25) is 0 Å². The number of rotatable bonds is 4. The Morgan fingerprint density at radius 2 is 2.17 bits per heavy atom. The number of aromatic nitrogens is 2. The van der Waals surface area contributed by atoms with Gasteiger partial charge in [-0.25, -0.2) is 4.98 Å². The van der Waals surface area contributed by atoms with Gasteiger partial charge in [0, 0.05) is 33.0 Å². The molecule has 0 spiro atoms. The molecule has 0 aliphatic carbocycles. The summed E-state index contributed by atoms with van der Waals surface area (Å²) in [6.07, 6.45) is 3.93. The van der Waals surface area contributed by atoms with E-state index >= 15 is 0 Å². The van der Waals surface area contributed by atoms with Gasteiger partial charge < -0.3 is 15.4 Å². The first-order chi connectivity index (χ1) is 8.63. The maximum atomic E-state index is 5.40. The standard InChI is InChI=1S/C12H19BrN4O/c1-12(3-5-18-6-4-12)8-16-10-9(13)7-15-11(14-2)17-10/h7H,3-6,8H2,1-2H3,(H2,14,15,16,17). The number of anilines is 2. The number of nitrogens with zero attached hydrogens (tertiary/aromatic N) is 2. The summed E-state index contributed by atoms with van der Waals surface area (Å²) in [5.74, 6) is 1.46. The summed E-state index contributed by atoms with van der Waals surface area (Å²) in [5, 5.41) is 6.34. The largest absolute Gasteiger partial charge is 0.381 e. The lowest BCUT2D eigenvalue weighted by atomic mass is 9.82. The Hall–Kier alpha value is -0.880. The second-order valence-electron chi connectivity index (χ2n) is 4.92. The molecule has 0 atom stereocenters. The summed E-state index contributed by atoms with van der Waals surface area (Å²) in [6, 6.07) is 0. The molecule has 2 rings (SSSR count). The Morgan fingerprint density at radius 3 is 2.83 bits per heavy atom. The average Bonchev–Trinajstić information content (AvgIpc) is 2.39. The molecule has 0 bridgehead atoms. The van der Waals surface area contributed by atoms with Crippen molar-refractivity contribution in [1.82, 2.24) is 9.97 Å². The number of hydrogen-bond donors (Lipinski definition) is 2. The minimum Gasteiger partial charge on any atom is -0.381 e. The van der Waals surface area contributed by atoms with Crippen molar-refractivity contribution in [1.29, 1.82) is 0 Å². The molecule has 0 unspecified atom stereocenters. The summed E-state index contributed by atoms with van der Waals surface area (Å²) in [5.41, 5.74) is 0.280. The van der Waals surface area contributed by atoms with E-state index in [2.05, 4.69) is 43.5 Å². The molecule has 1 aromatic heterocycles. The second kappa shape index (κ2) is 5.84. The van der Waals surface area contributed by atoms with Crippen LogP contribution in [-0.4, -0.2) is 36.8 Å². The molecule has 18 heavy (non-hydrogen) atoms. The van der Waals surface area contributed by atoms with E-state index in [1.807, 2.05) is 7.05 Å². The number of ether oxygens (including phenoxy) is 1. The van der Waals surface area contributed by atoms with Crippen LogP contribution in [0.25, 0.3) is 0 Å². The molecular weight excluding hydrogens is 296 g/mol. The molecule has 100 valence electrons. The van der Waals surface area contributed by atoms with Gasteiger partial charge in [-0.05, 0) is 34.2 Å². The van der Waals surface area contributed by atoms with Crippen molar-refractivity contribution in [2.45, 2.75) is 19.8 Å². The van der Waals surface area contributed by atoms with Crippen LogP contribution in [0.5, 0.6) is 0 Å². The zero-order valence-corrected chi connectivity index (χ0v) is 12.4. The van der Waals surface area contributed by atoms with Crippen LogP contribution in [0.3, 0.4) is 0 Å². The van der Waals surface area contributed by atoms with Gasteiger partial charge in [-0.2, -0.15) is 4.98 Å². The van der Waals surface area contributed by atoms with E-state index in [1.54, 1.807) is 6.20 Å². The Kier molecular flexibility index (Phi) is 4.40. The lowest BCUT2D eigenvalue weighted by molar-refractivity contribution is 0.0299. The SMILES string of the molecule is CNc1ncc(Br)c(NCC2(C)CCOCC2)n1. The Bertz CT molecular complexity index is 407. The monoisotopic (exact) mass is 314 g/mol. The van der Waals surface area contributed by atoms with E-state index in [0.29, 0.717) is 5.95 Å².